The molecular weight excluding hydrogens is 212 g/mol. The molecule has 66 valence electrons. The van der Waals surface area contributed by atoms with Gasteiger partial charge in [-0.15, -0.1) is 0 Å². The minimum atomic E-state index is 0.255. The molecule has 0 bridgehead atoms. The van der Waals surface area contributed by atoms with Gasteiger partial charge in [0.25, 0.3) is 0 Å². The van der Waals surface area contributed by atoms with Crippen LogP contribution in [0.25, 0.3) is 0 Å². The molecule has 12 heavy (non-hydrogen) atoms. The first kappa shape index (κ1) is 9.79. The Balaban J connectivity index is 3.19. The van der Waals surface area contributed by atoms with Crippen molar-refractivity contribution in [2.45, 2.75) is 33.1 Å². The van der Waals surface area contributed by atoms with E-state index in [-0.39, 0.29) is 5.41 Å². The van der Waals surface area contributed by atoms with Gasteiger partial charge in [0.1, 0.15) is 0 Å². The fraction of sp³-hybridized carbons (Fsp3) is 0.455. The van der Waals surface area contributed by atoms with Crippen LogP contribution in [0.15, 0.2) is 22.7 Å². The smallest absolute Gasteiger partial charge is 0.0178 e. The van der Waals surface area contributed by atoms with E-state index in [4.69, 9.17) is 0 Å². The van der Waals surface area contributed by atoms with Gasteiger partial charge in [-0.05, 0) is 35.6 Å². The monoisotopic (exact) mass is 226 g/mol. The van der Waals surface area contributed by atoms with Crippen LogP contribution in [0.3, 0.4) is 0 Å². The summed E-state index contributed by atoms with van der Waals surface area (Å²) in [7, 11) is 0. The average Bonchev–Trinajstić information content (AvgIpc) is 1.83. The maximum Gasteiger partial charge on any atom is 0.0178 e. The van der Waals surface area contributed by atoms with Gasteiger partial charge >= 0.3 is 0 Å². The lowest BCUT2D eigenvalue weighted by atomic mass is 9.84. The van der Waals surface area contributed by atoms with Crippen LogP contribution in [0.2, 0.25) is 0 Å². The zero-order chi connectivity index (χ0) is 9.35. The van der Waals surface area contributed by atoms with Gasteiger partial charge in [-0.3, -0.25) is 0 Å². The van der Waals surface area contributed by atoms with Crippen LogP contribution in [-0.2, 0) is 5.41 Å². The van der Waals surface area contributed by atoms with Crippen molar-refractivity contribution in [3.05, 3.63) is 33.8 Å². The molecule has 1 aromatic carbocycles. The minimum Gasteiger partial charge on any atom is -0.0571 e. The third kappa shape index (κ3) is 2.10. The molecule has 0 fully saturated rings. The van der Waals surface area contributed by atoms with Gasteiger partial charge in [0.15, 0.2) is 0 Å². The molecule has 0 saturated heterocycles. The maximum absolute atomic E-state index is 3.46. The van der Waals surface area contributed by atoms with E-state index in [0.717, 1.165) is 4.47 Å². The van der Waals surface area contributed by atoms with E-state index in [1.165, 1.54) is 11.1 Å². The van der Waals surface area contributed by atoms with Gasteiger partial charge < -0.3 is 0 Å². The normalized spacial score (nSPS) is 11.8. The molecule has 0 radical (unpaired) electrons. The summed E-state index contributed by atoms with van der Waals surface area (Å²) >= 11 is 3.46. The highest BCUT2D eigenvalue weighted by atomic mass is 79.9. The van der Waals surface area contributed by atoms with Crippen molar-refractivity contribution in [3.63, 3.8) is 0 Å². The van der Waals surface area contributed by atoms with Gasteiger partial charge in [0.05, 0.1) is 0 Å². The molecule has 1 aromatic rings. The number of halogens is 1. The lowest BCUT2D eigenvalue weighted by Crippen LogP contribution is -2.12. The zero-order valence-corrected chi connectivity index (χ0v) is 9.70. The van der Waals surface area contributed by atoms with Crippen molar-refractivity contribution in [2.75, 3.05) is 0 Å². The zero-order valence-electron chi connectivity index (χ0n) is 8.11. The van der Waals surface area contributed by atoms with E-state index in [9.17, 15) is 0 Å². The van der Waals surface area contributed by atoms with Gasteiger partial charge in [0, 0.05) is 4.47 Å². The first-order chi connectivity index (χ1) is 5.41. The van der Waals surface area contributed by atoms with E-state index in [0.29, 0.717) is 0 Å². The van der Waals surface area contributed by atoms with Gasteiger partial charge in [-0.2, -0.15) is 0 Å². The molecule has 0 heterocycles. The fourth-order valence-corrected chi connectivity index (χ4v) is 1.94. The Morgan fingerprint density at radius 1 is 1.17 bits per heavy atom. The largest absolute Gasteiger partial charge is 0.0571 e. The molecule has 1 rings (SSSR count). The minimum absolute atomic E-state index is 0.255. The van der Waals surface area contributed by atoms with Crippen molar-refractivity contribution in [3.8, 4) is 0 Å². The van der Waals surface area contributed by atoms with Crippen molar-refractivity contribution < 1.29 is 0 Å². The van der Waals surface area contributed by atoms with Crippen LogP contribution in [0.4, 0.5) is 0 Å². The average molecular weight is 227 g/mol. The standard InChI is InChI=1S/C11H15Br/c1-8-7-9(12)5-6-10(8)11(2,3)4/h5-7H,1-4H3. The molecule has 0 nitrogen and oxygen atoms in total. The Hall–Kier alpha value is -0.300. The molecule has 0 atom stereocenters. The van der Waals surface area contributed by atoms with Crippen LogP contribution in [0, 0.1) is 6.92 Å². The highest BCUT2D eigenvalue weighted by Gasteiger charge is 2.15. The summed E-state index contributed by atoms with van der Waals surface area (Å²) in [6.45, 7) is 8.88. The third-order valence-corrected chi connectivity index (χ3v) is 2.49. The van der Waals surface area contributed by atoms with E-state index in [1.807, 2.05) is 0 Å². The van der Waals surface area contributed by atoms with Crippen molar-refractivity contribution in [1.29, 1.82) is 0 Å². The number of aryl methyl sites for hydroxylation is 1. The quantitative estimate of drug-likeness (QED) is 0.627. The van der Waals surface area contributed by atoms with Crippen molar-refractivity contribution >= 4 is 15.9 Å². The van der Waals surface area contributed by atoms with Crippen LogP contribution >= 0.6 is 15.9 Å². The summed E-state index contributed by atoms with van der Waals surface area (Å²) in [4.78, 5) is 0. The Morgan fingerprint density at radius 3 is 2.17 bits per heavy atom. The van der Waals surface area contributed by atoms with E-state index in [2.05, 4.69) is 61.8 Å². The molecule has 0 amide bonds. The summed E-state index contributed by atoms with van der Waals surface area (Å²) in [5.41, 5.74) is 3.03. The molecule has 0 aliphatic rings. The van der Waals surface area contributed by atoms with E-state index >= 15 is 0 Å². The summed E-state index contributed by atoms with van der Waals surface area (Å²) < 4.78 is 1.16. The summed E-state index contributed by atoms with van der Waals surface area (Å²) in [6.07, 6.45) is 0. The van der Waals surface area contributed by atoms with Crippen LogP contribution in [0.1, 0.15) is 31.9 Å². The molecule has 0 aliphatic heterocycles. The summed E-state index contributed by atoms with van der Waals surface area (Å²) in [5, 5.41) is 0. The van der Waals surface area contributed by atoms with Gasteiger partial charge in [-0.25, -0.2) is 0 Å². The van der Waals surface area contributed by atoms with E-state index < -0.39 is 0 Å². The second-order valence-corrected chi connectivity index (χ2v) is 5.12. The van der Waals surface area contributed by atoms with Gasteiger partial charge in [-0.1, -0.05) is 42.8 Å². The predicted octanol–water partition coefficient (Wildman–Crippen LogP) is 4.06. The van der Waals surface area contributed by atoms with Crippen LogP contribution in [-0.4, -0.2) is 0 Å². The van der Waals surface area contributed by atoms with Gasteiger partial charge in [0.2, 0.25) is 0 Å². The number of rotatable bonds is 0. The Labute approximate surface area is 83.1 Å². The molecule has 0 spiro atoms. The summed E-state index contributed by atoms with van der Waals surface area (Å²) in [6, 6.07) is 6.47. The first-order valence-electron chi connectivity index (χ1n) is 4.18. The Morgan fingerprint density at radius 2 is 1.75 bits per heavy atom. The second kappa shape index (κ2) is 3.21. The summed E-state index contributed by atoms with van der Waals surface area (Å²) in [5.74, 6) is 0. The third-order valence-electron chi connectivity index (χ3n) is 2.00. The van der Waals surface area contributed by atoms with Crippen LogP contribution < -0.4 is 0 Å². The fourth-order valence-electron chi connectivity index (χ4n) is 1.47. The van der Waals surface area contributed by atoms with Crippen molar-refractivity contribution in [1.82, 2.24) is 0 Å². The number of hydrogen-bond donors (Lipinski definition) is 0. The highest BCUT2D eigenvalue weighted by Crippen LogP contribution is 2.27. The van der Waals surface area contributed by atoms with Crippen LogP contribution in [0.5, 0.6) is 0 Å². The topological polar surface area (TPSA) is 0 Å². The van der Waals surface area contributed by atoms with Crippen molar-refractivity contribution in [2.24, 2.45) is 0 Å². The Kier molecular flexibility index (Phi) is 2.62. The molecule has 1 heteroatoms. The lowest BCUT2D eigenvalue weighted by molar-refractivity contribution is 0.586. The Bertz CT molecular complexity index is 282. The molecule has 0 unspecified atom stereocenters. The molecule has 0 aromatic heterocycles. The predicted molar refractivity (Wildman–Crippen MR) is 57.6 cm³/mol. The maximum atomic E-state index is 3.46. The first-order valence-corrected chi connectivity index (χ1v) is 4.97. The molecule has 0 saturated carbocycles. The highest BCUT2D eigenvalue weighted by molar-refractivity contribution is 9.10. The SMILES string of the molecule is Cc1cc(Br)ccc1C(C)(C)C. The second-order valence-electron chi connectivity index (χ2n) is 4.21. The molecular formula is C11H15Br. The number of benzene rings is 1. The number of hydrogen-bond acceptors (Lipinski definition) is 0. The lowest BCUT2D eigenvalue weighted by Gasteiger charge is -2.21. The molecule has 0 aliphatic carbocycles. The van der Waals surface area contributed by atoms with E-state index in [1.54, 1.807) is 0 Å². The molecule has 0 N–H and O–H groups in total.